The Labute approximate surface area is 114 Å². The molecule has 0 aromatic carbocycles. The fraction of sp³-hybridized carbons (Fsp3) is 0.769. The third-order valence-electron chi connectivity index (χ3n) is 3.57. The van der Waals surface area contributed by atoms with Gasteiger partial charge in [0.2, 0.25) is 0 Å². The van der Waals surface area contributed by atoms with Gasteiger partial charge < -0.3 is 10.1 Å². The van der Waals surface area contributed by atoms with Crippen molar-refractivity contribution in [3.63, 3.8) is 0 Å². The number of hydrogen-bond acceptors (Lipinski definition) is 3. The van der Waals surface area contributed by atoms with Crippen LogP contribution in [-0.2, 0) is 17.8 Å². The van der Waals surface area contributed by atoms with E-state index in [2.05, 4.69) is 24.3 Å². The minimum Gasteiger partial charge on any atom is -0.380 e. The molecule has 1 aliphatic rings. The average Bonchev–Trinajstić information content (AvgIpc) is 2.64. The molecule has 0 saturated carbocycles. The summed E-state index contributed by atoms with van der Waals surface area (Å²) in [5, 5.41) is 8.78. The molecule has 102 valence electrons. The molecular formula is C13H22ClN3O. The van der Waals surface area contributed by atoms with Crippen molar-refractivity contribution in [2.24, 2.45) is 0 Å². The highest BCUT2D eigenvalue weighted by Crippen LogP contribution is 2.23. The summed E-state index contributed by atoms with van der Waals surface area (Å²) in [6, 6.07) is 0. The highest BCUT2D eigenvalue weighted by Gasteiger charge is 2.27. The van der Waals surface area contributed by atoms with Gasteiger partial charge in [-0.1, -0.05) is 11.6 Å². The van der Waals surface area contributed by atoms with E-state index in [1.165, 1.54) is 0 Å². The molecule has 1 unspecified atom stereocenters. The molecule has 0 bridgehead atoms. The number of halogens is 1. The van der Waals surface area contributed by atoms with E-state index < -0.39 is 0 Å². The van der Waals surface area contributed by atoms with Gasteiger partial charge in [-0.25, -0.2) is 0 Å². The highest BCUT2D eigenvalue weighted by molar-refractivity contribution is 6.31. The molecule has 1 atom stereocenters. The van der Waals surface area contributed by atoms with E-state index >= 15 is 0 Å². The normalized spacial score (nSPS) is 24.4. The summed E-state index contributed by atoms with van der Waals surface area (Å²) in [5.74, 6) is 0. The standard InChI is InChI=1S/C13H22ClN3O/c1-4-17-11(12(14)10(2)16-17)8-15-13(3)6-5-7-18-9-13/h15H,4-9H2,1-3H3. The van der Waals surface area contributed by atoms with Gasteiger partial charge in [-0.05, 0) is 33.6 Å². The van der Waals surface area contributed by atoms with Gasteiger partial charge >= 0.3 is 0 Å². The maximum Gasteiger partial charge on any atom is 0.0860 e. The van der Waals surface area contributed by atoms with Gasteiger partial charge in [0.1, 0.15) is 0 Å². The van der Waals surface area contributed by atoms with Crippen molar-refractivity contribution < 1.29 is 4.74 Å². The lowest BCUT2D eigenvalue weighted by Gasteiger charge is -2.34. The van der Waals surface area contributed by atoms with Crippen molar-refractivity contribution in [1.82, 2.24) is 15.1 Å². The smallest absolute Gasteiger partial charge is 0.0860 e. The van der Waals surface area contributed by atoms with Crippen LogP contribution < -0.4 is 5.32 Å². The fourth-order valence-corrected chi connectivity index (χ4v) is 2.61. The monoisotopic (exact) mass is 271 g/mol. The maximum absolute atomic E-state index is 6.30. The van der Waals surface area contributed by atoms with Crippen LogP contribution in [0.15, 0.2) is 0 Å². The molecule has 2 rings (SSSR count). The van der Waals surface area contributed by atoms with Gasteiger partial charge in [-0.15, -0.1) is 0 Å². The van der Waals surface area contributed by atoms with E-state index in [4.69, 9.17) is 16.3 Å². The quantitative estimate of drug-likeness (QED) is 0.915. The predicted molar refractivity (Wildman–Crippen MR) is 72.9 cm³/mol. The van der Waals surface area contributed by atoms with E-state index in [1.54, 1.807) is 0 Å². The third kappa shape index (κ3) is 2.87. The lowest BCUT2D eigenvalue weighted by molar-refractivity contribution is 0.0275. The van der Waals surface area contributed by atoms with Crippen LogP contribution in [0.4, 0.5) is 0 Å². The Morgan fingerprint density at radius 3 is 2.94 bits per heavy atom. The van der Waals surface area contributed by atoms with Crippen LogP contribution in [0, 0.1) is 6.92 Å². The zero-order valence-corrected chi connectivity index (χ0v) is 12.2. The molecule has 1 aromatic heterocycles. The number of nitrogens with one attached hydrogen (secondary N) is 1. The van der Waals surface area contributed by atoms with Crippen LogP contribution in [0.25, 0.3) is 0 Å². The van der Waals surface area contributed by atoms with Gasteiger partial charge in [0.15, 0.2) is 0 Å². The summed E-state index contributed by atoms with van der Waals surface area (Å²) < 4.78 is 7.52. The Balaban J connectivity index is 2.05. The molecule has 0 amide bonds. The van der Waals surface area contributed by atoms with Gasteiger partial charge in [0.05, 0.1) is 23.0 Å². The summed E-state index contributed by atoms with van der Waals surface area (Å²) in [6.07, 6.45) is 2.26. The first kappa shape index (κ1) is 13.8. The van der Waals surface area contributed by atoms with Gasteiger partial charge in [0, 0.05) is 25.2 Å². The van der Waals surface area contributed by atoms with Gasteiger partial charge in [-0.2, -0.15) is 5.10 Å². The Hall–Kier alpha value is -0.580. The Morgan fingerprint density at radius 2 is 2.33 bits per heavy atom. The third-order valence-corrected chi connectivity index (χ3v) is 4.06. The molecular weight excluding hydrogens is 250 g/mol. The zero-order chi connectivity index (χ0) is 13.2. The van der Waals surface area contributed by atoms with Crippen LogP contribution in [-0.4, -0.2) is 28.5 Å². The maximum atomic E-state index is 6.30. The Bertz CT molecular complexity index is 411. The molecule has 1 N–H and O–H groups in total. The van der Waals surface area contributed by atoms with E-state index in [0.717, 1.165) is 55.6 Å². The molecule has 0 spiro atoms. The number of aryl methyl sites for hydroxylation is 2. The molecule has 4 nitrogen and oxygen atoms in total. The number of rotatable bonds is 4. The number of ether oxygens (including phenoxy) is 1. The minimum absolute atomic E-state index is 0.0539. The first-order valence-corrected chi connectivity index (χ1v) is 6.98. The average molecular weight is 272 g/mol. The van der Waals surface area contributed by atoms with E-state index in [1.807, 2.05) is 11.6 Å². The van der Waals surface area contributed by atoms with Crippen LogP contribution in [0.3, 0.4) is 0 Å². The summed E-state index contributed by atoms with van der Waals surface area (Å²) in [7, 11) is 0. The number of hydrogen-bond donors (Lipinski definition) is 1. The van der Waals surface area contributed by atoms with Crippen molar-refractivity contribution in [2.45, 2.75) is 52.2 Å². The molecule has 1 saturated heterocycles. The van der Waals surface area contributed by atoms with Crippen molar-refractivity contribution in [1.29, 1.82) is 0 Å². The SMILES string of the molecule is CCn1nc(C)c(Cl)c1CNC1(C)CCCOC1. The van der Waals surface area contributed by atoms with Crippen molar-refractivity contribution in [2.75, 3.05) is 13.2 Å². The summed E-state index contributed by atoms with van der Waals surface area (Å²) in [5.41, 5.74) is 2.03. The second-order valence-corrected chi connectivity index (χ2v) is 5.61. The molecule has 1 fully saturated rings. The van der Waals surface area contributed by atoms with Crippen LogP contribution in [0.1, 0.15) is 38.1 Å². The van der Waals surface area contributed by atoms with Crippen LogP contribution >= 0.6 is 11.6 Å². The first-order chi connectivity index (χ1) is 8.56. The van der Waals surface area contributed by atoms with Crippen molar-refractivity contribution in [3.05, 3.63) is 16.4 Å². The first-order valence-electron chi connectivity index (χ1n) is 6.60. The van der Waals surface area contributed by atoms with Crippen molar-refractivity contribution in [3.8, 4) is 0 Å². The summed E-state index contributed by atoms with van der Waals surface area (Å²) in [4.78, 5) is 0. The molecule has 0 radical (unpaired) electrons. The lowest BCUT2D eigenvalue weighted by atomic mass is 9.95. The van der Waals surface area contributed by atoms with E-state index in [9.17, 15) is 0 Å². The topological polar surface area (TPSA) is 39.1 Å². The Kier molecular flexibility index (Phi) is 4.30. The molecule has 5 heteroatoms. The predicted octanol–water partition coefficient (Wildman–Crippen LogP) is 2.52. The minimum atomic E-state index is 0.0539. The highest BCUT2D eigenvalue weighted by atomic mass is 35.5. The summed E-state index contributed by atoms with van der Waals surface area (Å²) >= 11 is 6.30. The van der Waals surface area contributed by atoms with Gasteiger partial charge in [-0.3, -0.25) is 4.68 Å². The largest absolute Gasteiger partial charge is 0.380 e. The Morgan fingerprint density at radius 1 is 1.56 bits per heavy atom. The molecule has 1 aliphatic heterocycles. The lowest BCUT2D eigenvalue weighted by Crippen LogP contribution is -2.48. The zero-order valence-electron chi connectivity index (χ0n) is 11.4. The second kappa shape index (κ2) is 5.59. The molecule has 18 heavy (non-hydrogen) atoms. The van der Waals surface area contributed by atoms with E-state index in [0.29, 0.717) is 0 Å². The number of aromatic nitrogens is 2. The molecule has 2 heterocycles. The molecule has 0 aliphatic carbocycles. The number of nitrogens with zero attached hydrogens (tertiary/aromatic N) is 2. The van der Waals surface area contributed by atoms with E-state index in [-0.39, 0.29) is 5.54 Å². The van der Waals surface area contributed by atoms with Crippen molar-refractivity contribution >= 4 is 11.6 Å². The van der Waals surface area contributed by atoms with Gasteiger partial charge in [0.25, 0.3) is 0 Å². The van der Waals surface area contributed by atoms with Crippen LogP contribution in [0.5, 0.6) is 0 Å². The second-order valence-electron chi connectivity index (χ2n) is 5.23. The summed E-state index contributed by atoms with van der Waals surface area (Å²) in [6.45, 7) is 9.47. The fourth-order valence-electron chi connectivity index (χ4n) is 2.41. The molecule has 1 aromatic rings. The van der Waals surface area contributed by atoms with Crippen LogP contribution in [0.2, 0.25) is 5.02 Å².